The minimum absolute atomic E-state index is 0. The molecule has 5 nitrogen and oxygen atoms in total. The lowest BCUT2D eigenvalue weighted by atomic mass is 10.2. The number of halogens is 1. The van der Waals surface area contributed by atoms with Gasteiger partial charge in [-0.2, -0.15) is 11.3 Å². The number of anilines is 2. The second kappa shape index (κ2) is 8.12. The van der Waals surface area contributed by atoms with Gasteiger partial charge in [-0.15, -0.1) is 12.4 Å². The molecule has 1 saturated heterocycles. The number of rotatable bonds is 4. The van der Waals surface area contributed by atoms with Gasteiger partial charge in [0.2, 0.25) is 5.91 Å². The van der Waals surface area contributed by atoms with Gasteiger partial charge in [0.25, 0.3) is 0 Å². The number of carbonyl (C=O) groups excluding carboxylic acids is 1. The minimum atomic E-state index is -0.0316. The van der Waals surface area contributed by atoms with Crippen molar-refractivity contribution in [2.75, 3.05) is 36.4 Å². The molecule has 0 spiro atoms. The molecule has 2 aromatic heterocycles. The standard InChI is InChI=1S/C15H18N4OS.ClH/c20-15(9-12-3-8-21-11-12)18-14-2-1-13(10-17-14)19-6-4-16-5-7-19;/h1-3,8,10-11,16H,4-7,9H2,(H,17,18,20);1H. The molecule has 118 valence electrons. The van der Waals surface area contributed by atoms with Crippen molar-refractivity contribution in [2.24, 2.45) is 0 Å². The van der Waals surface area contributed by atoms with Crippen molar-refractivity contribution in [3.05, 3.63) is 40.7 Å². The van der Waals surface area contributed by atoms with Crippen LogP contribution < -0.4 is 15.5 Å². The van der Waals surface area contributed by atoms with Crippen LogP contribution in [-0.2, 0) is 11.2 Å². The lowest BCUT2D eigenvalue weighted by molar-refractivity contribution is -0.115. The second-order valence-corrected chi connectivity index (χ2v) is 5.78. The van der Waals surface area contributed by atoms with Gasteiger partial charge in [-0.3, -0.25) is 4.79 Å². The number of hydrogen-bond acceptors (Lipinski definition) is 5. The number of pyridine rings is 1. The van der Waals surface area contributed by atoms with Crippen LogP contribution in [0.1, 0.15) is 5.56 Å². The molecule has 7 heteroatoms. The second-order valence-electron chi connectivity index (χ2n) is 5.00. The first-order chi connectivity index (χ1) is 10.3. The number of carbonyl (C=O) groups is 1. The Morgan fingerprint density at radius 1 is 1.32 bits per heavy atom. The van der Waals surface area contributed by atoms with Gasteiger partial charge < -0.3 is 15.5 Å². The van der Waals surface area contributed by atoms with Gasteiger partial charge >= 0.3 is 0 Å². The van der Waals surface area contributed by atoms with Crippen LogP contribution in [0.2, 0.25) is 0 Å². The summed E-state index contributed by atoms with van der Waals surface area (Å²) in [5.74, 6) is 0.574. The number of nitrogens with zero attached hydrogens (tertiary/aromatic N) is 2. The number of nitrogens with one attached hydrogen (secondary N) is 2. The smallest absolute Gasteiger partial charge is 0.229 e. The molecule has 0 saturated carbocycles. The first-order valence-electron chi connectivity index (χ1n) is 7.04. The number of aromatic nitrogens is 1. The predicted octanol–water partition coefficient (Wildman–Crippen LogP) is 2.16. The van der Waals surface area contributed by atoms with E-state index in [1.54, 1.807) is 11.3 Å². The highest BCUT2D eigenvalue weighted by molar-refractivity contribution is 7.08. The fourth-order valence-electron chi connectivity index (χ4n) is 2.34. The molecule has 0 unspecified atom stereocenters. The van der Waals surface area contributed by atoms with Gasteiger partial charge in [0.1, 0.15) is 5.82 Å². The largest absolute Gasteiger partial charge is 0.368 e. The van der Waals surface area contributed by atoms with E-state index in [4.69, 9.17) is 0 Å². The Labute approximate surface area is 140 Å². The Morgan fingerprint density at radius 3 is 2.77 bits per heavy atom. The van der Waals surface area contributed by atoms with Crippen molar-refractivity contribution in [2.45, 2.75) is 6.42 Å². The van der Waals surface area contributed by atoms with E-state index in [2.05, 4.69) is 20.5 Å². The SMILES string of the molecule is Cl.O=C(Cc1ccsc1)Nc1ccc(N2CCNCC2)cn1. The Balaban J connectivity index is 0.00000176. The van der Waals surface area contributed by atoms with Crippen LogP contribution in [0.15, 0.2) is 35.2 Å². The lowest BCUT2D eigenvalue weighted by Crippen LogP contribution is -2.43. The van der Waals surface area contributed by atoms with Gasteiger partial charge in [-0.1, -0.05) is 0 Å². The Morgan fingerprint density at radius 2 is 2.14 bits per heavy atom. The fourth-order valence-corrected chi connectivity index (χ4v) is 3.00. The van der Waals surface area contributed by atoms with Crippen molar-refractivity contribution in [1.29, 1.82) is 0 Å². The molecule has 2 aromatic rings. The highest BCUT2D eigenvalue weighted by Crippen LogP contribution is 2.16. The molecule has 1 amide bonds. The van der Waals surface area contributed by atoms with Crippen LogP contribution >= 0.6 is 23.7 Å². The zero-order valence-corrected chi connectivity index (χ0v) is 13.8. The van der Waals surface area contributed by atoms with Crippen LogP contribution in [-0.4, -0.2) is 37.1 Å². The number of amides is 1. The van der Waals surface area contributed by atoms with Crippen LogP contribution in [0.25, 0.3) is 0 Å². The molecule has 0 aliphatic carbocycles. The number of piperazine rings is 1. The zero-order valence-electron chi connectivity index (χ0n) is 12.1. The zero-order chi connectivity index (χ0) is 14.5. The molecule has 1 fully saturated rings. The topological polar surface area (TPSA) is 57.3 Å². The molecule has 3 heterocycles. The third-order valence-corrected chi connectivity index (χ3v) is 4.17. The molecular formula is C15H19ClN4OS. The van der Waals surface area contributed by atoms with E-state index >= 15 is 0 Å². The maximum atomic E-state index is 11.9. The van der Waals surface area contributed by atoms with Crippen molar-refractivity contribution in [3.63, 3.8) is 0 Å². The molecule has 0 atom stereocenters. The molecule has 3 rings (SSSR count). The molecular weight excluding hydrogens is 320 g/mol. The lowest BCUT2D eigenvalue weighted by Gasteiger charge is -2.29. The number of hydrogen-bond donors (Lipinski definition) is 2. The van der Waals surface area contributed by atoms with Crippen molar-refractivity contribution >= 4 is 41.2 Å². The normalized spacial score (nSPS) is 14.3. The minimum Gasteiger partial charge on any atom is -0.368 e. The van der Waals surface area contributed by atoms with Crippen molar-refractivity contribution in [3.8, 4) is 0 Å². The molecule has 22 heavy (non-hydrogen) atoms. The van der Waals surface area contributed by atoms with Gasteiger partial charge in [0.15, 0.2) is 0 Å². The highest BCUT2D eigenvalue weighted by atomic mass is 35.5. The first kappa shape index (κ1) is 16.7. The third-order valence-electron chi connectivity index (χ3n) is 3.44. The number of thiophene rings is 1. The van der Waals surface area contributed by atoms with Gasteiger partial charge in [0, 0.05) is 26.2 Å². The van der Waals surface area contributed by atoms with Gasteiger partial charge in [-0.05, 0) is 34.5 Å². The van der Waals surface area contributed by atoms with E-state index in [-0.39, 0.29) is 18.3 Å². The van der Waals surface area contributed by atoms with Crippen LogP contribution in [0.5, 0.6) is 0 Å². The van der Waals surface area contributed by atoms with E-state index in [9.17, 15) is 4.79 Å². The van der Waals surface area contributed by atoms with Gasteiger partial charge in [0.05, 0.1) is 18.3 Å². The molecule has 1 aliphatic heterocycles. The highest BCUT2D eigenvalue weighted by Gasteiger charge is 2.11. The van der Waals surface area contributed by atoms with Crippen LogP contribution in [0.4, 0.5) is 11.5 Å². The van der Waals surface area contributed by atoms with Crippen molar-refractivity contribution < 1.29 is 4.79 Å². The van der Waals surface area contributed by atoms with E-state index in [0.717, 1.165) is 37.4 Å². The summed E-state index contributed by atoms with van der Waals surface area (Å²) in [6.45, 7) is 3.98. The molecule has 0 aromatic carbocycles. The summed E-state index contributed by atoms with van der Waals surface area (Å²) in [5.41, 5.74) is 2.14. The van der Waals surface area contributed by atoms with E-state index in [1.165, 1.54) is 0 Å². The summed E-state index contributed by atoms with van der Waals surface area (Å²) >= 11 is 1.60. The summed E-state index contributed by atoms with van der Waals surface area (Å²) in [6, 6.07) is 5.84. The average molecular weight is 339 g/mol. The molecule has 1 aliphatic rings. The quantitative estimate of drug-likeness (QED) is 0.897. The summed E-state index contributed by atoms with van der Waals surface area (Å²) in [6.07, 6.45) is 2.22. The Bertz CT molecular complexity index is 582. The fraction of sp³-hybridized carbons (Fsp3) is 0.333. The first-order valence-corrected chi connectivity index (χ1v) is 7.98. The van der Waals surface area contributed by atoms with Crippen LogP contribution in [0.3, 0.4) is 0 Å². The van der Waals surface area contributed by atoms with Crippen molar-refractivity contribution in [1.82, 2.24) is 10.3 Å². The molecule has 2 N–H and O–H groups in total. The summed E-state index contributed by atoms with van der Waals surface area (Å²) in [7, 11) is 0. The monoisotopic (exact) mass is 338 g/mol. The summed E-state index contributed by atoms with van der Waals surface area (Å²) in [4.78, 5) is 18.5. The van der Waals surface area contributed by atoms with E-state index < -0.39 is 0 Å². The predicted molar refractivity (Wildman–Crippen MR) is 93.2 cm³/mol. The molecule has 0 radical (unpaired) electrons. The summed E-state index contributed by atoms with van der Waals surface area (Å²) in [5, 5.41) is 10.1. The van der Waals surface area contributed by atoms with Crippen LogP contribution in [0, 0.1) is 0 Å². The Hall–Kier alpha value is -1.63. The average Bonchev–Trinajstić information content (AvgIpc) is 3.02. The van der Waals surface area contributed by atoms with E-state index in [1.807, 2.05) is 35.2 Å². The maximum absolute atomic E-state index is 11.9. The van der Waals surface area contributed by atoms with Gasteiger partial charge in [-0.25, -0.2) is 4.98 Å². The molecule has 0 bridgehead atoms. The van der Waals surface area contributed by atoms with E-state index in [0.29, 0.717) is 12.2 Å². The maximum Gasteiger partial charge on any atom is 0.229 e. The summed E-state index contributed by atoms with van der Waals surface area (Å²) < 4.78 is 0. The Kier molecular flexibility index (Phi) is 6.18. The third kappa shape index (κ3) is 4.43.